The molecule has 1 heterocycles. The van der Waals surface area contributed by atoms with Crippen LogP contribution in [0.25, 0.3) is 0 Å². The third kappa shape index (κ3) is 7.22. The van der Waals surface area contributed by atoms with E-state index in [1.807, 2.05) is 0 Å². The highest BCUT2D eigenvalue weighted by molar-refractivity contribution is 5.41. The van der Waals surface area contributed by atoms with Gasteiger partial charge >= 0.3 is 0 Å². The van der Waals surface area contributed by atoms with Gasteiger partial charge in [0.05, 0.1) is 6.54 Å². The first-order valence-electron chi connectivity index (χ1n) is 10.4. The van der Waals surface area contributed by atoms with Crippen molar-refractivity contribution >= 4 is 5.69 Å². The number of nitrogens with two attached hydrogens (primary N) is 1. The normalized spacial score (nSPS) is 13.4. The van der Waals surface area contributed by atoms with Gasteiger partial charge in [0.25, 0.3) is 0 Å². The van der Waals surface area contributed by atoms with Gasteiger partial charge in [-0.3, -0.25) is 4.57 Å². The molecule has 162 valence electrons. The van der Waals surface area contributed by atoms with E-state index >= 15 is 0 Å². The molecular formula is C24H38N2O3. The molecule has 0 spiro atoms. The Balaban J connectivity index is 1.94. The van der Waals surface area contributed by atoms with Gasteiger partial charge in [0.15, 0.2) is 11.8 Å². The first kappa shape index (κ1) is 23.0. The fourth-order valence-corrected chi connectivity index (χ4v) is 4.67. The Morgan fingerprint density at radius 1 is 1.07 bits per heavy atom. The van der Waals surface area contributed by atoms with Crippen molar-refractivity contribution < 1.29 is 14.9 Å². The number of benzene rings is 1. The Labute approximate surface area is 175 Å². The smallest absolute Gasteiger partial charge is 0.197 e. The molecule has 29 heavy (non-hydrogen) atoms. The van der Waals surface area contributed by atoms with Crippen molar-refractivity contribution in [1.29, 1.82) is 0 Å². The van der Waals surface area contributed by atoms with Crippen LogP contribution in [0.4, 0.5) is 5.69 Å². The zero-order chi connectivity index (χ0) is 21.8. The lowest BCUT2D eigenvalue weighted by atomic mass is 9.71. The second-order valence-corrected chi connectivity index (χ2v) is 10.3. The maximum atomic E-state index is 10.6. The first-order valence-corrected chi connectivity index (χ1v) is 10.4. The summed E-state index contributed by atoms with van der Waals surface area (Å²) in [6.07, 6.45) is 2.94. The maximum absolute atomic E-state index is 10.6. The number of aromatic nitrogens is 1. The first-order chi connectivity index (χ1) is 13.4. The molecule has 0 aliphatic heterocycles. The maximum Gasteiger partial charge on any atom is 0.197 e. The molecule has 2 rings (SSSR count). The number of nitrogens with zero attached hydrogens (tertiary/aromatic N) is 1. The Hall–Kier alpha value is -2.30. The Morgan fingerprint density at radius 2 is 1.69 bits per heavy atom. The molecule has 5 nitrogen and oxygen atoms in total. The van der Waals surface area contributed by atoms with Crippen LogP contribution in [-0.2, 0) is 13.0 Å². The lowest BCUT2D eigenvalue weighted by molar-refractivity contribution is 0.174. The van der Waals surface area contributed by atoms with Gasteiger partial charge < -0.3 is 20.7 Å². The third-order valence-corrected chi connectivity index (χ3v) is 5.06. The molecule has 0 saturated heterocycles. The van der Waals surface area contributed by atoms with Gasteiger partial charge in [-0.25, -0.2) is 0 Å². The van der Waals surface area contributed by atoms with Crippen molar-refractivity contribution in [1.82, 2.24) is 4.57 Å². The van der Waals surface area contributed by atoms with Crippen LogP contribution >= 0.6 is 0 Å². The van der Waals surface area contributed by atoms with E-state index in [0.29, 0.717) is 30.5 Å². The van der Waals surface area contributed by atoms with E-state index in [0.717, 1.165) is 24.8 Å². The van der Waals surface area contributed by atoms with Gasteiger partial charge in [-0.2, -0.15) is 0 Å². The zero-order valence-corrected chi connectivity index (χ0v) is 18.8. The summed E-state index contributed by atoms with van der Waals surface area (Å²) in [5, 5.41) is 20.9. The van der Waals surface area contributed by atoms with Crippen molar-refractivity contribution in [3.63, 3.8) is 0 Å². The summed E-state index contributed by atoms with van der Waals surface area (Å²) in [5.74, 6) is 1.31. The predicted octanol–water partition coefficient (Wildman–Crippen LogP) is 5.59. The number of nitrogen functional groups attached to an aromatic ring is 1. The molecule has 0 saturated carbocycles. The summed E-state index contributed by atoms with van der Waals surface area (Å²) < 4.78 is 7.18. The largest absolute Gasteiger partial charge is 0.494 e. The van der Waals surface area contributed by atoms with Crippen molar-refractivity contribution in [2.45, 2.75) is 67.3 Å². The van der Waals surface area contributed by atoms with Crippen molar-refractivity contribution in [2.24, 2.45) is 16.7 Å². The Kier molecular flexibility index (Phi) is 7.15. The molecule has 1 aromatic heterocycles. The highest BCUT2D eigenvalue weighted by Gasteiger charge is 2.28. The van der Waals surface area contributed by atoms with Crippen LogP contribution < -0.4 is 10.5 Å². The van der Waals surface area contributed by atoms with E-state index in [2.05, 4.69) is 41.5 Å². The number of hydrogen-bond donors (Lipinski definition) is 3. The summed E-state index contributed by atoms with van der Waals surface area (Å²) in [6, 6.07) is 8.83. The van der Waals surface area contributed by atoms with Crippen LogP contribution in [0.5, 0.6) is 17.5 Å². The predicted molar refractivity (Wildman–Crippen MR) is 119 cm³/mol. The molecule has 4 N–H and O–H groups in total. The highest BCUT2D eigenvalue weighted by atomic mass is 16.5. The van der Waals surface area contributed by atoms with Crippen molar-refractivity contribution in [2.75, 3.05) is 12.3 Å². The second kappa shape index (κ2) is 9.02. The molecule has 0 amide bonds. The van der Waals surface area contributed by atoms with Crippen LogP contribution in [0.3, 0.4) is 0 Å². The molecule has 5 heteroatoms. The minimum atomic E-state index is 0.0690. The molecule has 2 aromatic rings. The summed E-state index contributed by atoms with van der Waals surface area (Å²) in [7, 11) is 0. The highest BCUT2D eigenvalue weighted by Crippen LogP contribution is 2.39. The molecule has 1 atom stereocenters. The Bertz CT molecular complexity index is 786. The standard InChI is InChI=1S/C24H38N2O3/c1-17(15-24(5,6)16-23(2,3)4)13-18-14-21(27)26(22(18)28)11-12-29-20-9-7-19(25)8-10-20/h7-10,14,17,27-28H,11-13,15-16,25H2,1-6H3. The summed E-state index contributed by atoms with van der Waals surface area (Å²) in [4.78, 5) is 0. The summed E-state index contributed by atoms with van der Waals surface area (Å²) in [5.41, 5.74) is 7.66. The molecule has 0 fully saturated rings. The number of anilines is 1. The van der Waals surface area contributed by atoms with Crippen LogP contribution in [0.1, 0.15) is 59.9 Å². The fraction of sp³-hybridized carbons (Fsp3) is 0.583. The lowest BCUT2D eigenvalue weighted by Gasteiger charge is -2.34. The average Bonchev–Trinajstić information content (AvgIpc) is 2.81. The molecule has 0 aliphatic rings. The topological polar surface area (TPSA) is 80.6 Å². The molecule has 0 aliphatic carbocycles. The molecule has 0 bridgehead atoms. The van der Waals surface area contributed by atoms with Gasteiger partial charge in [0.1, 0.15) is 12.4 Å². The van der Waals surface area contributed by atoms with Gasteiger partial charge in [-0.1, -0.05) is 41.5 Å². The fourth-order valence-electron chi connectivity index (χ4n) is 4.67. The van der Waals surface area contributed by atoms with E-state index in [-0.39, 0.29) is 22.6 Å². The monoisotopic (exact) mass is 402 g/mol. The summed E-state index contributed by atoms with van der Waals surface area (Å²) in [6.45, 7) is 14.4. The van der Waals surface area contributed by atoms with Gasteiger partial charge in [-0.15, -0.1) is 0 Å². The molecule has 1 unspecified atom stereocenters. The van der Waals surface area contributed by atoms with E-state index in [1.54, 1.807) is 30.3 Å². The van der Waals surface area contributed by atoms with Gasteiger partial charge in [0, 0.05) is 17.3 Å². The number of aromatic hydroxyl groups is 2. The van der Waals surface area contributed by atoms with E-state index in [4.69, 9.17) is 10.5 Å². The molecule has 0 radical (unpaired) electrons. The third-order valence-electron chi connectivity index (χ3n) is 5.06. The van der Waals surface area contributed by atoms with Crippen LogP contribution in [0.15, 0.2) is 30.3 Å². The lowest BCUT2D eigenvalue weighted by Crippen LogP contribution is -2.23. The quantitative estimate of drug-likeness (QED) is 0.478. The van der Waals surface area contributed by atoms with Crippen LogP contribution in [0.2, 0.25) is 0 Å². The molecular weight excluding hydrogens is 364 g/mol. The number of ether oxygens (including phenoxy) is 1. The van der Waals surface area contributed by atoms with E-state index < -0.39 is 0 Å². The van der Waals surface area contributed by atoms with Crippen LogP contribution in [-0.4, -0.2) is 21.4 Å². The number of hydrogen-bond acceptors (Lipinski definition) is 4. The minimum Gasteiger partial charge on any atom is -0.494 e. The van der Waals surface area contributed by atoms with Gasteiger partial charge in [0.2, 0.25) is 0 Å². The second-order valence-electron chi connectivity index (χ2n) is 10.3. The van der Waals surface area contributed by atoms with Crippen molar-refractivity contribution in [3.05, 3.63) is 35.9 Å². The summed E-state index contributed by atoms with van der Waals surface area (Å²) >= 11 is 0. The zero-order valence-electron chi connectivity index (χ0n) is 18.8. The van der Waals surface area contributed by atoms with E-state index in [9.17, 15) is 10.2 Å². The van der Waals surface area contributed by atoms with Gasteiger partial charge in [-0.05, 0) is 60.3 Å². The van der Waals surface area contributed by atoms with Crippen molar-refractivity contribution in [3.8, 4) is 17.5 Å². The molecule has 1 aromatic carbocycles. The number of rotatable bonds is 9. The van der Waals surface area contributed by atoms with Crippen LogP contribution in [0, 0.1) is 16.7 Å². The average molecular weight is 403 g/mol. The SMILES string of the molecule is CC(Cc1cc(O)n(CCOc2ccc(N)cc2)c1O)CC(C)(C)CC(C)(C)C. The Morgan fingerprint density at radius 3 is 2.28 bits per heavy atom. The van der Waals surface area contributed by atoms with E-state index in [1.165, 1.54) is 4.57 Å². The minimum absolute atomic E-state index is 0.0690.